The molecule has 80 valence electrons. The fraction of sp³-hybridized carbons (Fsp3) is 1.00. The van der Waals surface area contributed by atoms with Gasteiger partial charge in [0.2, 0.25) is 0 Å². The first-order valence-electron chi connectivity index (χ1n) is 6.11. The molecule has 14 heavy (non-hydrogen) atoms. The highest BCUT2D eigenvalue weighted by atomic mass is 16.7. The van der Waals surface area contributed by atoms with Crippen molar-refractivity contribution in [1.82, 2.24) is 0 Å². The van der Waals surface area contributed by atoms with Crippen LogP contribution in [0.15, 0.2) is 0 Å². The topological polar surface area (TPSA) is 18.5 Å². The number of hydrogen-bond donors (Lipinski definition) is 0. The Balaban J connectivity index is 1.66. The summed E-state index contributed by atoms with van der Waals surface area (Å²) in [6.07, 6.45) is 5.71. The third kappa shape index (κ3) is 1.31. The van der Waals surface area contributed by atoms with E-state index in [9.17, 15) is 0 Å². The summed E-state index contributed by atoms with van der Waals surface area (Å²) in [7, 11) is 0. The molecule has 2 aliphatic carbocycles. The minimum atomic E-state index is 0.112. The van der Waals surface area contributed by atoms with Crippen LogP contribution >= 0.6 is 0 Å². The summed E-state index contributed by atoms with van der Waals surface area (Å²) in [6, 6.07) is 0. The van der Waals surface area contributed by atoms with Gasteiger partial charge >= 0.3 is 0 Å². The van der Waals surface area contributed by atoms with Gasteiger partial charge in [0.15, 0.2) is 6.29 Å². The van der Waals surface area contributed by atoms with Crippen LogP contribution in [0.4, 0.5) is 0 Å². The third-order valence-electron chi connectivity index (χ3n) is 4.57. The van der Waals surface area contributed by atoms with Crippen LogP contribution in [-0.4, -0.2) is 19.5 Å². The van der Waals surface area contributed by atoms with E-state index < -0.39 is 0 Å². The second-order valence-electron chi connectivity index (χ2n) is 5.11. The third-order valence-corrected chi connectivity index (χ3v) is 4.57. The van der Waals surface area contributed by atoms with Gasteiger partial charge in [-0.2, -0.15) is 0 Å². The van der Waals surface area contributed by atoms with Crippen LogP contribution in [0.5, 0.6) is 0 Å². The van der Waals surface area contributed by atoms with Crippen molar-refractivity contribution < 1.29 is 9.47 Å². The predicted molar refractivity (Wildman–Crippen MR) is 53.8 cm³/mol. The van der Waals surface area contributed by atoms with E-state index in [1.54, 1.807) is 0 Å². The lowest BCUT2D eigenvalue weighted by molar-refractivity contribution is -0.194. The normalized spacial score (nSPS) is 50.8. The van der Waals surface area contributed by atoms with Crippen LogP contribution in [0.1, 0.15) is 32.6 Å². The van der Waals surface area contributed by atoms with E-state index in [0.717, 1.165) is 36.9 Å². The van der Waals surface area contributed by atoms with E-state index in [1.807, 2.05) is 0 Å². The quantitative estimate of drug-likeness (QED) is 0.675. The Morgan fingerprint density at radius 3 is 2.71 bits per heavy atom. The first kappa shape index (κ1) is 9.17. The average molecular weight is 196 g/mol. The highest BCUT2D eigenvalue weighted by Crippen LogP contribution is 2.55. The molecular weight excluding hydrogens is 176 g/mol. The van der Waals surface area contributed by atoms with Gasteiger partial charge in [-0.05, 0) is 49.9 Å². The average Bonchev–Trinajstić information content (AvgIpc) is 2.78. The Labute approximate surface area is 86.0 Å². The molecule has 1 heterocycles. The lowest BCUT2D eigenvalue weighted by atomic mass is 9.76. The molecule has 2 bridgehead atoms. The molecule has 0 aromatic heterocycles. The van der Waals surface area contributed by atoms with Crippen LogP contribution < -0.4 is 0 Å². The number of hydrogen-bond acceptors (Lipinski definition) is 2. The Hall–Kier alpha value is -0.0800. The van der Waals surface area contributed by atoms with E-state index in [2.05, 4.69) is 6.92 Å². The van der Waals surface area contributed by atoms with Crippen LogP contribution in [0.3, 0.4) is 0 Å². The molecule has 1 aliphatic heterocycles. The Morgan fingerprint density at radius 2 is 1.93 bits per heavy atom. The van der Waals surface area contributed by atoms with Crippen LogP contribution in [0.2, 0.25) is 0 Å². The molecule has 0 amide bonds. The second kappa shape index (κ2) is 3.49. The summed E-state index contributed by atoms with van der Waals surface area (Å²) in [5, 5.41) is 0. The molecule has 0 aromatic carbocycles. The number of fused-ring (bicyclic) bond motifs is 5. The number of rotatable bonds is 2. The summed E-state index contributed by atoms with van der Waals surface area (Å²) in [5.41, 5.74) is 0. The van der Waals surface area contributed by atoms with Crippen molar-refractivity contribution in [2.45, 2.75) is 38.9 Å². The summed E-state index contributed by atoms with van der Waals surface area (Å²) < 4.78 is 11.3. The lowest BCUT2D eigenvalue weighted by Gasteiger charge is -2.38. The minimum absolute atomic E-state index is 0.112. The Kier molecular flexibility index (Phi) is 2.29. The van der Waals surface area contributed by atoms with Gasteiger partial charge in [-0.25, -0.2) is 0 Å². The monoisotopic (exact) mass is 196 g/mol. The minimum Gasteiger partial charge on any atom is -0.353 e. The zero-order valence-corrected chi connectivity index (χ0v) is 8.95. The predicted octanol–water partition coefficient (Wildman–Crippen LogP) is 2.43. The van der Waals surface area contributed by atoms with Gasteiger partial charge in [0.05, 0.1) is 6.61 Å². The summed E-state index contributed by atoms with van der Waals surface area (Å²) in [4.78, 5) is 0. The van der Waals surface area contributed by atoms with E-state index in [4.69, 9.17) is 9.47 Å². The molecule has 0 aromatic rings. The molecule has 2 nitrogen and oxygen atoms in total. The van der Waals surface area contributed by atoms with Crippen molar-refractivity contribution in [3.8, 4) is 0 Å². The molecular formula is C12H20O2. The molecule has 2 heteroatoms. The van der Waals surface area contributed by atoms with E-state index in [-0.39, 0.29) is 6.29 Å². The SMILES string of the molecule is CCO[C@@H]1C[C@H]2[C@H]3CC[C@H](C3)[C@H]2CO1. The van der Waals surface area contributed by atoms with Crippen molar-refractivity contribution in [3.05, 3.63) is 0 Å². The van der Waals surface area contributed by atoms with Crippen molar-refractivity contribution >= 4 is 0 Å². The fourth-order valence-corrected chi connectivity index (χ4v) is 3.97. The maximum absolute atomic E-state index is 5.76. The lowest BCUT2D eigenvalue weighted by Crippen LogP contribution is -2.38. The van der Waals surface area contributed by atoms with Crippen LogP contribution in [0.25, 0.3) is 0 Å². The van der Waals surface area contributed by atoms with E-state index in [1.165, 1.54) is 25.7 Å². The van der Waals surface area contributed by atoms with Gasteiger partial charge in [-0.15, -0.1) is 0 Å². The summed E-state index contributed by atoms with van der Waals surface area (Å²) >= 11 is 0. The van der Waals surface area contributed by atoms with Crippen molar-refractivity contribution in [3.63, 3.8) is 0 Å². The first-order chi connectivity index (χ1) is 6.88. The van der Waals surface area contributed by atoms with E-state index >= 15 is 0 Å². The molecule has 3 aliphatic rings. The fourth-order valence-electron chi connectivity index (χ4n) is 3.97. The van der Waals surface area contributed by atoms with Gasteiger partial charge in [-0.3, -0.25) is 0 Å². The van der Waals surface area contributed by atoms with Crippen LogP contribution in [-0.2, 0) is 9.47 Å². The molecule has 3 rings (SSSR count). The van der Waals surface area contributed by atoms with E-state index in [0.29, 0.717) is 0 Å². The van der Waals surface area contributed by atoms with Gasteiger partial charge < -0.3 is 9.47 Å². The molecule has 1 saturated heterocycles. The highest BCUT2D eigenvalue weighted by Gasteiger charge is 2.50. The Morgan fingerprint density at radius 1 is 1.14 bits per heavy atom. The van der Waals surface area contributed by atoms with Crippen molar-refractivity contribution in [2.24, 2.45) is 23.7 Å². The smallest absolute Gasteiger partial charge is 0.157 e. The van der Waals surface area contributed by atoms with Gasteiger partial charge in [0.1, 0.15) is 0 Å². The molecule has 0 unspecified atom stereocenters. The zero-order valence-electron chi connectivity index (χ0n) is 8.95. The largest absolute Gasteiger partial charge is 0.353 e. The molecule has 0 N–H and O–H groups in total. The summed E-state index contributed by atoms with van der Waals surface area (Å²) in [5.74, 6) is 3.81. The second-order valence-corrected chi connectivity index (χ2v) is 5.11. The standard InChI is InChI=1S/C12H20O2/c1-2-13-12-6-10-8-3-4-9(5-8)11(10)7-14-12/h8-12H,2-7H2,1H3/t8-,9+,10-,11+,12-/m0/s1. The molecule has 3 fully saturated rings. The highest BCUT2D eigenvalue weighted by molar-refractivity contribution is 4.98. The number of ether oxygens (including phenoxy) is 2. The molecule has 0 radical (unpaired) electrons. The van der Waals surface area contributed by atoms with Gasteiger partial charge in [0, 0.05) is 13.0 Å². The molecule has 5 atom stereocenters. The Bertz CT molecular complexity index is 216. The molecule has 2 saturated carbocycles. The summed E-state index contributed by atoms with van der Waals surface area (Å²) in [6.45, 7) is 3.81. The van der Waals surface area contributed by atoms with Crippen molar-refractivity contribution in [2.75, 3.05) is 13.2 Å². The van der Waals surface area contributed by atoms with Crippen molar-refractivity contribution in [1.29, 1.82) is 0 Å². The molecule has 0 spiro atoms. The first-order valence-corrected chi connectivity index (χ1v) is 6.11. The van der Waals surface area contributed by atoms with Gasteiger partial charge in [-0.1, -0.05) is 0 Å². The zero-order chi connectivity index (χ0) is 9.54. The van der Waals surface area contributed by atoms with Crippen LogP contribution in [0, 0.1) is 23.7 Å². The van der Waals surface area contributed by atoms with Gasteiger partial charge in [0.25, 0.3) is 0 Å². The maximum atomic E-state index is 5.76. The maximum Gasteiger partial charge on any atom is 0.157 e.